The number of benzene rings is 1. The van der Waals surface area contributed by atoms with Crippen LogP contribution < -0.4 is 0 Å². The van der Waals surface area contributed by atoms with Gasteiger partial charge < -0.3 is 9.42 Å². The van der Waals surface area contributed by atoms with Gasteiger partial charge in [0.2, 0.25) is 10.0 Å². The maximum Gasteiger partial charge on any atom is 0.259 e. The molecule has 0 aliphatic carbocycles. The number of hydrogen-bond acceptors (Lipinski definition) is 5. The van der Waals surface area contributed by atoms with Crippen molar-refractivity contribution in [3.63, 3.8) is 0 Å². The lowest BCUT2D eigenvalue weighted by atomic mass is 10.1. The first-order valence-electron chi connectivity index (χ1n) is 7.89. The molecular weight excluding hydrogens is 368 g/mol. The van der Waals surface area contributed by atoms with E-state index in [2.05, 4.69) is 5.16 Å². The van der Waals surface area contributed by atoms with E-state index in [1.165, 1.54) is 4.90 Å². The van der Waals surface area contributed by atoms with E-state index in [1.807, 2.05) is 0 Å². The number of carbonyl (C=O) groups excluding carboxylic acids is 1. The molecule has 26 heavy (non-hydrogen) atoms. The van der Waals surface area contributed by atoms with Gasteiger partial charge in [-0.2, -0.15) is 4.31 Å². The van der Waals surface area contributed by atoms with Crippen molar-refractivity contribution in [2.75, 3.05) is 26.2 Å². The van der Waals surface area contributed by atoms with Crippen molar-refractivity contribution in [3.8, 4) is 0 Å². The van der Waals surface area contributed by atoms with Crippen LogP contribution in [-0.4, -0.2) is 54.9 Å². The molecule has 1 saturated heterocycles. The van der Waals surface area contributed by atoms with Crippen molar-refractivity contribution in [1.29, 1.82) is 0 Å². The highest BCUT2D eigenvalue weighted by atomic mass is 32.2. The molecule has 1 aliphatic heterocycles. The van der Waals surface area contributed by atoms with Gasteiger partial charge in [0.05, 0.1) is 10.6 Å². The summed E-state index contributed by atoms with van der Waals surface area (Å²) in [7, 11) is -3.96. The second-order valence-corrected chi connectivity index (χ2v) is 7.91. The second-order valence-electron chi connectivity index (χ2n) is 5.97. The van der Waals surface area contributed by atoms with Crippen LogP contribution in [0.25, 0.3) is 0 Å². The number of hydrogen-bond donors (Lipinski definition) is 0. The Kier molecular flexibility index (Phi) is 4.80. The molecule has 1 amide bonds. The SMILES string of the molecule is Cc1noc(C)c1C(=O)N1CCN(S(=O)(=O)c2ccc(F)c(F)c2)CC1. The maximum atomic E-state index is 13.4. The number of aryl methyl sites for hydroxylation is 2. The maximum absolute atomic E-state index is 13.4. The van der Waals surface area contributed by atoms with Crippen LogP contribution in [0.1, 0.15) is 21.8 Å². The number of carbonyl (C=O) groups is 1. The Balaban J connectivity index is 1.73. The van der Waals surface area contributed by atoms with Crippen LogP contribution in [0.5, 0.6) is 0 Å². The number of aromatic nitrogens is 1. The molecule has 1 aromatic heterocycles. The fourth-order valence-corrected chi connectivity index (χ4v) is 4.30. The van der Waals surface area contributed by atoms with Gasteiger partial charge in [-0.15, -0.1) is 0 Å². The van der Waals surface area contributed by atoms with Crippen LogP contribution in [0.15, 0.2) is 27.6 Å². The molecular formula is C16H17F2N3O4S. The molecule has 1 aliphatic rings. The summed E-state index contributed by atoms with van der Waals surface area (Å²) in [5.41, 5.74) is 0.853. The molecule has 0 N–H and O–H groups in total. The minimum Gasteiger partial charge on any atom is -0.361 e. The number of sulfonamides is 1. The topological polar surface area (TPSA) is 83.7 Å². The van der Waals surface area contributed by atoms with Crippen LogP contribution in [-0.2, 0) is 10.0 Å². The summed E-state index contributed by atoms with van der Waals surface area (Å²) < 4.78 is 57.7. The van der Waals surface area contributed by atoms with Gasteiger partial charge in [0.15, 0.2) is 11.6 Å². The molecule has 140 valence electrons. The second kappa shape index (κ2) is 6.76. The van der Waals surface area contributed by atoms with Gasteiger partial charge in [-0.25, -0.2) is 17.2 Å². The molecule has 0 atom stereocenters. The zero-order chi connectivity index (χ0) is 19.1. The van der Waals surface area contributed by atoms with Crippen molar-refractivity contribution in [2.45, 2.75) is 18.7 Å². The molecule has 0 unspecified atom stereocenters. The average molecular weight is 385 g/mol. The number of rotatable bonds is 3. The molecule has 0 spiro atoms. The van der Waals surface area contributed by atoms with Crippen LogP contribution in [0.4, 0.5) is 8.78 Å². The molecule has 0 radical (unpaired) electrons. The predicted octanol–water partition coefficient (Wildman–Crippen LogP) is 1.72. The molecule has 0 saturated carbocycles. The normalized spacial score (nSPS) is 16.1. The van der Waals surface area contributed by atoms with Crippen molar-refractivity contribution in [1.82, 2.24) is 14.4 Å². The van der Waals surface area contributed by atoms with Gasteiger partial charge in [0, 0.05) is 26.2 Å². The fourth-order valence-electron chi connectivity index (χ4n) is 2.86. The van der Waals surface area contributed by atoms with Crippen LogP contribution in [0.3, 0.4) is 0 Å². The first-order valence-corrected chi connectivity index (χ1v) is 9.33. The van der Waals surface area contributed by atoms with E-state index < -0.39 is 21.7 Å². The first-order chi connectivity index (χ1) is 12.2. The lowest BCUT2D eigenvalue weighted by Gasteiger charge is -2.34. The number of amides is 1. The summed E-state index contributed by atoms with van der Waals surface area (Å²) in [6.45, 7) is 3.75. The third-order valence-electron chi connectivity index (χ3n) is 4.30. The zero-order valence-corrected chi connectivity index (χ0v) is 15.0. The Morgan fingerprint density at radius 1 is 1.12 bits per heavy atom. The minimum atomic E-state index is -3.96. The Morgan fingerprint density at radius 2 is 1.77 bits per heavy atom. The molecule has 7 nitrogen and oxygen atoms in total. The quantitative estimate of drug-likeness (QED) is 0.803. The van der Waals surface area contributed by atoms with Gasteiger partial charge in [0.1, 0.15) is 11.3 Å². The highest BCUT2D eigenvalue weighted by molar-refractivity contribution is 7.89. The summed E-state index contributed by atoms with van der Waals surface area (Å²) in [4.78, 5) is 13.8. The molecule has 3 rings (SSSR count). The average Bonchev–Trinajstić information content (AvgIpc) is 2.95. The summed E-state index contributed by atoms with van der Waals surface area (Å²) >= 11 is 0. The first kappa shape index (κ1) is 18.5. The van der Waals surface area contributed by atoms with Gasteiger partial charge in [-0.1, -0.05) is 5.16 Å². The van der Waals surface area contributed by atoms with E-state index in [-0.39, 0.29) is 37.0 Å². The number of piperazine rings is 1. The van der Waals surface area contributed by atoms with Gasteiger partial charge in [0.25, 0.3) is 5.91 Å². The monoisotopic (exact) mass is 385 g/mol. The van der Waals surface area contributed by atoms with Gasteiger partial charge >= 0.3 is 0 Å². The van der Waals surface area contributed by atoms with Crippen molar-refractivity contribution >= 4 is 15.9 Å². The van der Waals surface area contributed by atoms with Crippen molar-refractivity contribution in [3.05, 3.63) is 46.9 Å². The van der Waals surface area contributed by atoms with E-state index in [0.29, 0.717) is 23.1 Å². The Labute approximate surface area is 149 Å². The standard InChI is InChI=1S/C16H17F2N3O4S/c1-10-15(11(2)25-19-10)16(22)20-5-7-21(8-6-20)26(23,24)12-3-4-13(17)14(18)9-12/h3-4,9H,5-8H2,1-2H3. The van der Waals surface area contributed by atoms with E-state index in [0.717, 1.165) is 16.4 Å². The largest absolute Gasteiger partial charge is 0.361 e. The molecule has 1 aromatic carbocycles. The lowest BCUT2D eigenvalue weighted by molar-refractivity contribution is 0.0695. The van der Waals surface area contributed by atoms with E-state index >= 15 is 0 Å². The predicted molar refractivity (Wildman–Crippen MR) is 87.0 cm³/mol. The Morgan fingerprint density at radius 3 is 2.31 bits per heavy atom. The summed E-state index contributed by atoms with van der Waals surface area (Å²) in [6, 6.07) is 2.46. The minimum absolute atomic E-state index is 0.0520. The molecule has 2 aromatic rings. The Bertz CT molecular complexity index is 931. The highest BCUT2D eigenvalue weighted by Gasteiger charge is 2.32. The molecule has 10 heteroatoms. The summed E-state index contributed by atoms with van der Waals surface area (Å²) in [5.74, 6) is -2.20. The van der Waals surface area contributed by atoms with Gasteiger partial charge in [-0.05, 0) is 32.0 Å². The fraction of sp³-hybridized carbons (Fsp3) is 0.375. The highest BCUT2D eigenvalue weighted by Crippen LogP contribution is 2.21. The van der Waals surface area contributed by atoms with Crippen LogP contribution in [0, 0.1) is 25.5 Å². The van der Waals surface area contributed by atoms with Crippen LogP contribution in [0.2, 0.25) is 0 Å². The third-order valence-corrected chi connectivity index (χ3v) is 6.20. The Hall–Kier alpha value is -2.33. The van der Waals surface area contributed by atoms with Crippen molar-refractivity contribution in [2.24, 2.45) is 0 Å². The molecule has 0 bridgehead atoms. The van der Waals surface area contributed by atoms with Gasteiger partial charge in [-0.3, -0.25) is 4.79 Å². The molecule has 1 fully saturated rings. The van der Waals surface area contributed by atoms with E-state index in [4.69, 9.17) is 4.52 Å². The third kappa shape index (κ3) is 3.21. The van der Waals surface area contributed by atoms with Crippen molar-refractivity contribution < 1.29 is 26.5 Å². The summed E-state index contributed by atoms with van der Waals surface area (Å²) in [5, 5.41) is 3.75. The molecule has 2 heterocycles. The van der Waals surface area contributed by atoms with E-state index in [1.54, 1.807) is 13.8 Å². The number of nitrogens with zero attached hydrogens (tertiary/aromatic N) is 3. The smallest absolute Gasteiger partial charge is 0.259 e. The van der Waals surface area contributed by atoms with E-state index in [9.17, 15) is 22.0 Å². The van der Waals surface area contributed by atoms with Crippen LogP contribution >= 0.6 is 0 Å². The lowest BCUT2D eigenvalue weighted by Crippen LogP contribution is -2.50. The summed E-state index contributed by atoms with van der Waals surface area (Å²) in [6.07, 6.45) is 0. The number of halogens is 2. The zero-order valence-electron chi connectivity index (χ0n) is 14.2.